The standard InChI is InChI=1S/C16H20FN7O2/c1-9(20-15(26)10-4-6-11(17)7-5-10)8-24(3)16-21-14(19-2)12(13(18)25)22-23-16/h4-7,9H,8H2,1-3H3,(H2,18,25)(H,20,26)(H,19,21,23). The van der Waals surface area contributed by atoms with Crippen molar-refractivity contribution in [2.45, 2.75) is 13.0 Å². The number of nitrogens with one attached hydrogen (secondary N) is 2. The Morgan fingerprint density at radius 1 is 1.27 bits per heavy atom. The average molecular weight is 361 g/mol. The van der Waals surface area contributed by atoms with E-state index in [0.717, 1.165) is 0 Å². The summed E-state index contributed by atoms with van der Waals surface area (Å²) in [6.45, 7) is 2.19. The molecule has 0 aliphatic carbocycles. The van der Waals surface area contributed by atoms with E-state index in [2.05, 4.69) is 25.8 Å². The lowest BCUT2D eigenvalue weighted by Gasteiger charge is -2.22. The third-order valence-corrected chi connectivity index (χ3v) is 3.52. The first kappa shape index (κ1) is 19.0. The number of nitrogens with two attached hydrogens (primary N) is 1. The molecule has 1 unspecified atom stereocenters. The molecule has 138 valence electrons. The first-order valence-electron chi connectivity index (χ1n) is 7.81. The third-order valence-electron chi connectivity index (χ3n) is 3.52. The summed E-state index contributed by atoms with van der Waals surface area (Å²) in [7, 11) is 3.31. The largest absolute Gasteiger partial charge is 0.371 e. The second kappa shape index (κ2) is 8.19. The number of amides is 2. The number of halogens is 1. The Kier molecular flexibility index (Phi) is 5.99. The van der Waals surface area contributed by atoms with E-state index in [1.54, 1.807) is 19.0 Å². The van der Waals surface area contributed by atoms with Gasteiger partial charge in [-0.3, -0.25) is 9.59 Å². The van der Waals surface area contributed by atoms with Gasteiger partial charge in [-0.25, -0.2) is 4.39 Å². The molecule has 1 aromatic heterocycles. The zero-order chi connectivity index (χ0) is 19.3. The van der Waals surface area contributed by atoms with E-state index in [-0.39, 0.29) is 29.4 Å². The fourth-order valence-electron chi connectivity index (χ4n) is 2.27. The van der Waals surface area contributed by atoms with Crippen LogP contribution in [0.2, 0.25) is 0 Å². The second-order valence-electron chi connectivity index (χ2n) is 5.69. The van der Waals surface area contributed by atoms with Gasteiger partial charge < -0.3 is 21.3 Å². The maximum absolute atomic E-state index is 12.9. The lowest BCUT2D eigenvalue weighted by Crippen LogP contribution is -2.41. The summed E-state index contributed by atoms with van der Waals surface area (Å²) < 4.78 is 12.9. The molecule has 0 aliphatic heterocycles. The van der Waals surface area contributed by atoms with Gasteiger partial charge in [0.25, 0.3) is 11.8 Å². The molecule has 0 bridgehead atoms. The Bertz CT molecular complexity index is 798. The molecule has 2 rings (SSSR count). The number of likely N-dealkylation sites (N-methyl/N-ethyl adjacent to an activating group) is 1. The number of carbonyl (C=O) groups is 2. The van der Waals surface area contributed by atoms with Crippen LogP contribution in [-0.4, -0.2) is 53.7 Å². The van der Waals surface area contributed by atoms with Crippen molar-refractivity contribution in [3.63, 3.8) is 0 Å². The number of nitrogens with zero attached hydrogens (tertiary/aromatic N) is 4. The first-order valence-corrected chi connectivity index (χ1v) is 7.81. The van der Waals surface area contributed by atoms with Gasteiger partial charge in [-0.05, 0) is 31.2 Å². The van der Waals surface area contributed by atoms with Crippen molar-refractivity contribution in [1.29, 1.82) is 0 Å². The maximum Gasteiger partial charge on any atom is 0.273 e. The van der Waals surface area contributed by atoms with Crippen molar-refractivity contribution in [3.8, 4) is 0 Å². The summed E-state index contributed by atoms with van der Waals surface area (Å²) in [5.41, 5.74) is 5.52. The van der Waals surface area contributed by atoms with Crippen LogP contribution < -0.4 is 21.3 Å². The van der Waals surface area contributed by atoms with Crippen LogP contribution in [0, 0.1) is 5.82 Å². The van der Waals surface area contributed by atoms with Gasteiger partial charge in [0.1, 0.15) is 5.82 Å². The van der Waals surface area contributed by atoms with Crippen molar-refractivity contribution in [2.24, 2.45) is 5.73 Å². The van der Waals surface area contributed by atoms with Crippen molar-refractivity contribution < 1.29 is 14.0 Å². The monoisotopic (exact) mass is 361 g/mol. The van der Waals surface area contributed by atoms with E-state index >= 15 is 0 Å². The van der Waals surface area contributed by atoms with Crippen molar-refractivity contribution >= 4 is 23.6 Å². The minimum atomic E-state index is -0.733. The summed E-state index contributed by atoms with van der Waals surface area (Å²) in [6, 6.07) is 5.02. The number of aromatic nitrogens is 3. The molecule has 2 aromatic rings. The first-order chi connectivity index (χ1) is 12.3. The molecular formula is C16H20FN7O2. The van der Waals surface area contributed by atoms with Gasteiger partial charge in [0.2, 0.25) is 5.95 Å². The van der Waals surface area contributed by atoms with Crippen LogP contribution in [0.5, 0.6) is 0 Å². The summed E-state index contributed by atoms with van der Waals surface area (Å²) in [5, 5.41) is 13.2. The predicted molar refractivity (Wildman–Crippen MR) is 94.5 cm³/mol. The van der Waals surface area contributed by atoms with Crippen molar-refractivity contribution in [1.82, 2.24) is 20.5 Å². The number of benzene rings is 1. The Hall–Kier alpha value is -3.30. The molecule has 1 aromatic carbocycles. The van der Waals surface area contributed by atoms with Gasteiger partial charge in [-0.2, -0.15) is 4.98 Å². The van der Waals surface area contributed by atoms with Crippen LogP contribution in [0.1, 0.15) is 27.8 Å². The molecule has 1 heterocycles. The van der Waals surface area contributed by atoms with E-state index in [1.807, 2.05) is 6.92 Å². The van der Waals surface area contributed by atoms with Crippen LogP contribution in [0.25, 0.3) is 0 Å². The molecule has 0 aliphatic rings. The zero-order valence-electron chi connectivity index (χ0n) is 14.7. The topological polar surface area (TPSA) is 126 Å². The minimum Gasteiger partial charge on any atom is -0.371 e. The van der Waals surface area contributed by atoms with E-state index in [0.29, 0.717) is 12.1 Å². The number of anilines is 2. The Labute approximate surface area is 149 Å². The van der Waals surface area contributed by atoms with E-state index in [9.17, 15) is 14.0 Å². The molecule has 9 nitrogen and oxygen atoms in total. The quantitative estimate of drug-likeness (QED) is 0.652. The van der Waals surface area contributed by atoms with Gasteiger partial charge in [-0.15, -0.1) is 10.2 Å². The number of hydrogen-bond acceptors (Lipinski definition) is 7. The summed E-state index contributed by atoms with van der Waals surface area (Å²) in [5.74, 6) is -0.966. The molecule has 0 spiro atoms. The SMILES string of the molecule is CNc1nc(N(C)CC(C)NC(=O)c2ccc(F)cc2)nnc1C(N)=O. The molecule has 0 saturated heterocycles. The van der Waals surface area contributed by atoms with Crippen LogP contribution in [0.4, 0.5) is 16.2 Å². The molecule has 0 radical (unpaired) electrons. The fraction of sp³-hybridized carbons (Fsp3) is 0.312. The minimum absolute atomic E-state index is 0.0534. The normalized spacial score (nSPS) is 11.5. The summed E-state index contributed by atoms with van der Waals surface area (Å²) in [6.07, 6.45) is 0. The average Bonchev–Trinajstić information content (AvgIpc) is 2.61. The molecular weight excluding hydrogens is 341 g/mol. The number of primary amides is 1. The molecule has 0 saturated carbocycles. The highest BCUT2D eigenvalue weighted by Gasteiger charge is 2.17. The molecule has 0 fully saturated rings. The highest BCUT2D eigenvalue weighted by molar-refractivity contribution is 5.95. The number of carbonyl (C=O) groups excluding carboxylic acids is 2. The molecule has 2 amide bonds. The van der Waals surface area contributed by atoms with Crippen LogP contribution in [-0.2, 0) is 0 Å². The highest BCUT2D eigenvalue weighted by atomic mass is 19.1. The van der Waals surface area contributed by atoms with E-state index in [1.165, 1.54) is 24.3 Å². The van der Waals surface area contributed by atoms with Gasteiger partial charge in [0, 0.05) is 32.2 Å². The van der Waals surface area contributed by atoms with Crippen LogP contribution >= 0.6 is 0 Å². The van der Waals surface area contributed by atoms with E-state index in [4.69, 9.17) is 5.73 Å². The Morgan fingerprint density at radius 3 is 2.50 bits per heavy atom. The fourth-order valence-corrected chi connectivity index (χ4v) is 2.27. The molecule has 26 heavy (non-hydrogen) atoms. The Balaban J connectivity index is 2.02. The number of rotatable bonds is 7. The van der Waals surface area contributed by atoms with Crippen molar-refractivity contribution in [3.05, 3.63) is 41.3 Å². The zero-order valence-corrected chi connectivity index (χ0v) is 14.7. The molecule has 1 atom stereocenters. The third kappa shape index (κ3) is 4.62. The second-order valence-corrected chi connectivity index (χ2v) is 5.69. The van der Waals surface area contributed by atoms with Gasteiger partial charge in [0.15, 0.2) is 11.5 Å². The summed E-state index contributed by atoms with van der Waals surface area (Å²) >= 11 is 0. The lowest BCUT2D eigenvalue weighted by atomic mass is 10.2. The van der Waals surface area contributed by atoms with E-state index < -0.39 is 11.7 Å². The molecule has 4 N–H and O–H groups in total. The van der Waals surface area contributed by atoms with Gasteiger partial charge in [-0.1, -0.05) is 0 Å². The Morgan fingerprint density at radius 2 is 1.92 bits per heavy atom. The summed E-state index contributed by atoms with van der Waals surface area (Å²) in [4.78, 5) is 29.3. The number of hydrogen-bond donors (Lipinski definition) is 3. The maximum atomic E-state index is 12.9. The predicted octanol–water partition coefficient (Wildman–Crippen LogP) is 0.406. The lowest BCUT2D eigenvalue weighted by molar-refractivity contribution is 0.0939. The molecule has 10 heteroatoms. The smallest absolute Gasteiger partial charge is 0.273 e. The van der Waals surface area contributed by atoms with Gasteiger partial charge in [0.05, 0.1) is 0 Å². The highest BCUT2D eigenvalue weighted by Crippen LogP contribution is 2.12. The van der Waals surface area contributed by atoms with Crippen molar-refractivity contribution in [2.75, 3.05) is 30.9 Å². The van der Waals surface area contributed by atoms with Gasteiger partial charge >= 0.3 is 0 Å². The van der Waals surface area contributed by atoms with Crippen LogP contribution in [0.3, 0.4) is 0 Å². The van der Waals surface area contributed by atoms with Crippen LogP contribution in [0.15, 0.2) is 24.3 Å².